The van der Waals surface area contributed by atoms with E-state index in [9.17, 15) is 4.79 Å². The van der Waals surface area contributed by atoms with E-state index in [-0.39, 0.29) is 5.69 Å². The maximum atomic E-state index is 12.9. The molecule has 4 rings (SSSR count). The summed E-state index contributed by atoms with van der Waals surface area (Å²) >= 11 is 0. The van der Waals surface area contributed by atoms with Crippen molar-refractivity contribution in [3.63, 3.8) is 0 Å². The van der Waals surface area contributed by atoms with Gasteiger partial charge in [0.15, 0.2) is 0 Å². The van der Waals surface area contributed by atoms with E-state index in [2.05, 4.69) is 17.0 Å². The summed E-state index contributed by atoms with van der Waals surface area (Å²) in [7, 11) is 3.35. The van der Waals surface area contributed by atoms with E-state index < -0.39 is 0 Å². The Kier molecular flexibility index (Phi) is 6.95. The monoisotopic (exact) mass is 436 g/mol. The smallest absolute Gasteiger partial charge is 0.346 e. The molecule has 3 aromatic rings. The van der Waals surface area contributed by atoms with Gasteiger partial charge in [0, 0.05) is 25.1 Å². The summed E-state index contributed by atoms with van der Waals surface area (Å²) in [6.45, 7) is 5.96. The maximum Gasteiger partial charge on any atom is 0.346 e. The molecule has 7 heteroatoms. The molecule has 170 valence electrons. The zero-order valence-corrected chi connectivity index (χ0v) is 19.2. The van der Waals surface area contributed by atoms with Gasteiger partial charge in [-0.05, 0) is 56.1 Å². The highest BCUT2D eigenvalue weighted by Crippen LogP contribution is 2.29. The molecule has 0 amide bonds. The summed E-state index contributed by atoms with van der Waals surface area (Å²) in [6, 6.07) is 16.1. The van der Waals surface area contributed by atoms with Gasteiger partial charge in [0.2, 0.25) is 0 Å². The zero-order valence-electron chi connectivity index (χ0n) is 19.2. The van der Waals surface area contributed by atoms with Crippen LogP contribution >= 0.6 is 0 Å². The molecule has 1 aliphatic rings. The Hall–Kier alpha value is -3.06. The number of hydrogen-bond donors (Lipinski definition) is 0. The lowest BCUT2D eigenvalue weighted by Gasteiger charge is -2.31. The lowest BCUT2D eigenvalue weighted by molar-refractivity contribution is 0.199. The second kappa shape index (κ2) is 10.0. The molecule has 2 aromatic carbocycles. The van der Waals surface area contributed by atoms with Crippen molar-refractivity contribution in [2.45, 2.75) is 45.3 Å². The molecule has 2 heterocycles. The Balaban J connectivity index is 1.44. The second-order valence-electron chi connectivity index (χ2n) is 8.30. The van der Waals surface area contributed by atoms with Crippen molar-refractivity contribution in [2.24, 2.45) is 0 Å². The molecular weight excluding hydrogens is 404 g/mol. The van der Waals surface area contributed by atoms with Crippen LogP contribution in [-0.4, -0.2) is 46.6 Å². The van der Waals surface area contributed by atoms with E-state index in [0.717, 1.165) is 55.4 Å². The van der Waals surface area contributed by atoms with Gasteiger partial charge in [0.1, 0.15) is 17.3 Å². The summed E-state index contributed by atoms with van der Waals surface area (Å²) < 4.78 is 14.3. The molecule has 7 nitrogen and oxygen atoms in total. The highest BCUT2D eigenvalue weighted by Gasteiger charge is 2.26. The molecule has 0 unspecified atom stereocenters. The first-order chi connectivity index (χ1) is 15.6. The average Bonchev–Trinajstić information content (AvgIpc) is 3.14. The van der Waals surface area contributed by atoms with Crippen LogP contribution in [0.4, 0.5) is 0 Å². The first-order valence-corrected chi connectivity index (χ1v) is 11.3. The lowest BCUT2D eigenvalue weighted by Crippen LogP contribution is -2.33. The van der Waals surface area contributed by atoms with Crippen molar-refractivity contribution in [3.8, 4) is 11.5 Å². The minimum atomic E-state index is -0.0164. The van der Waals surface area contributed by atoms with Crippen molar-refractivity contribution >= 4 is 0 Å². The van der Waals surface area contributed by atoms with Crippen LogP contribution in [0, 0.1) is 0 Å². The number of nitrogens with zero attached hydrogens (tertiary/aromatic N) is 4. The summed E-state index contributed by atoms with van der Waals surface area (Å²) in [5.41, 5.74) is 2.25. The largest absolute Gasteiger partial charge is 0.497 e. The Morgan fingerprint density at radius 1 is 0.938 bits per heavy atom. The first-order valence-electron chi connectivity index (χ1n) is 11.3. The summed E-state index contributed by atoms with van der Waals surface area (Å²) in [5, 5.41) is 4.77. The van der Waals surface area contributed by atoms with Crippen LogP contribution in [0.5, 0.6) is 11.5 Å². The molecule has 1 aliphatic heterocycles. The fourth-order valence-corrected chi connectivity index (χ4v) is 4.48. The maximum absolute atomic E-state index is 12.9. The topological polar surface area (TPSA) is 61.5 Å². The molecule has 1 fully saturated rings. The normalized spacial score (nSPS) is 15.1. The Morgan fingerprint density at radius 3 is 2.19 bits per heavy atom. The van der Waals surface area contributed by atoms with Crippen LogP contribution in [0.2, 0.25) is 0 Å². The van der Waals surface area contributed by atoms with Crippen LogP contribution < -0.4 is 15.2 Å². The van der Waals surface area contributed by atoms with Crippen LogP contribution in [0.1, 0.15) is 42.6 Å². The van der Waals surface area contributed by atoms with E-state index in [1.54, 1.807) is 18.9 Å². The molecule has 1 saturated heterocycles. The molecule has 0 atom stereocenters. The Labute approximate surface area is 189 Å². The van der Waals surface area contributed by atoms with Gasteiger partial charge >= 0.3 is 5.69 Å². The van der Waals surface area contributed by atoms with Crippen LogP contribution in [0.15, 0.2) is 53.3 Å². The third-order valence-electron chi connectivity index (χ3n) is 6.21. The van der Waals surface area contributed by atoms with Gasteiger partial charge in [0.05, 0.1) is 20.8 Å². The summed E-state index contributed by atoms with van der Waals surface area (Å²) in [4.78, 5) is 15.4. The number of aromatic nitrogens is 3. The van der Waals surface area contributed by atoms with Crippen LogP contribution in [0.3, 0.4) is 0 Å². The van der Waals surface area contributed by atoms with Gasteiger partial charge in [-0.15, -0.1) is 0 Å². The highest BCUT2D eigenvalue weighted by molar-refractivity contribution is 5.38. The fraction of sp³-hybridized carbons (Fsp3) is 0.440. The third-order valence-corrected chi connectivity index (χ3v) is 6.21. The average molecular weight is 437 g/mol. The number of piperidine rings is 1. The Bertz CT molecular complexity index is 1060. The first kappa shape index (κ1) is 22.1. The fourth-order valence-electron chi connectivity index (χ4n) is 4.48. The van der Waals surface area contributed by atoms with E-state index in [1.165, 1.54) is 5.56 Å². The van der Waals surface area contributed by atoms with E-state index in [4.69, 9.17) is 14.6 Å². The third kappa shape index (κ3) is 4.88. The van der Waals surface area contributed by atoms with Gasteiger partial charge in [-0.3, -0.25) is 9.47 Å². The van der Waals surface area contributed by atoms with Crippen molar-refractivity contribution in [1.82, 2.24) is 19.2 Å². The van der Waals surface area contributed by atoms with Gasteiger partial charge in [-0.25, -0.2) is 9.48 Å². The molecule has 32 heavy (non-hydrogen) atoms. The molecule has 0 aliphatic carbocycles. The predicted molar refractivity (Wildman–Crippen MR) is 125 cm³/mol. The predicted octanol–water partition coefficient (Wildman–Crippen LogP) is 3.51. The van der Waals surface area contributed by atoms with Crippen LogP contribution in [-0.2, 0) is 19.6 Å². The van der Waals surface area contributed by atoms with E-state index in [0.29, 0.717) is 19.0 Å². The van der Waals surface area contributed by atoms with E-state index in [1.807, 2.05) is 47.9 Å². The molecule has 0 spiro atoms. The quantitative estimate of drug-likeness (QED) is 0.541. The number of hydrogen-bond acceptors (Lipinski definition) is 5. The zero-order chi connectivity index (χ0) is 22.5. The minimum absolute atomic E-state index is 0.0164. The van der Waals surface area contributed by atoms with Gasteiger partial charge in [-0.2, -0.15) is 5.10 Å². The number of likely N-dealkylation sites (tertiary alicyclic amines) is 1. The molecular formula is C25H32N4O3. The summed E-state index contributed by atoms with van der Waals surface area (Å²) in [6.07, 6.45) is 1.98. The number of methoxy groups -OCH3 is 2. The minimum Gasteiger partial charge on any atom is -0.497 e. The van der Waals surface area contributed by atoms with Crippen LogP contribution in [0.25, 0.3) is 0 Å². The van der Waals surface area contributed by atoms with Gasteiger partial charge < -0.3 is 9.47 Å². The molecule has 0 radical (unpaired) electrons. The van der Waals surface area contributed by atoms with Crippen molar-refractivity contribution in [2.75, 3.05) is 27.3 Å². The number of rotatable bonds is 8. The van der Waals surface area contributed by atoms with Gasteiger partial charge in [0.25, 0.3) is 0 Å². The number of ether oxygens (including phenoxy) is 2. The van der Waals surface area contributed by atoms with Crippen molar-refractivity contribution < 1.29 is 9.47 Å². The molecule has 0 saturated carbocycles. The SMILES string of the molecule is CCn1c(C2CCN(Cc3cc(OC)cc(OC)c3)CC2)nn(Cc2ccccc2)c1=O. The van der Waals surface area contributed by atoms with Crippen molar-refractivity contribution in [3.05, 3.63) is 76.0 Å². The standard InChI is InChI=1S/C25H32N4O3/c1-4-28-24(26-29(25(28)30)18-19-8-6-5-7-9-19)21-10-12-27(13-11-21)17-20-14-22(31-2)16-23(15-20)32-3/h5-9,14-16,21H,4,10-13,17-18H2,1-3H3. The van der Waals surface area contributed by atoms with E-state index >= 15 is 0 Å². The molecule has 0 N–H and O–H groups in total. The second-order valence-corrected chi connectivity index (χ2v) is 8.30. The molecule has 0 bridgehead atoms. The lowest BCUT2D eigenvalue weighted by atomic mass is 9.95. The Morgan fingerprint density at radius 2 is 1.59 bits per heavy atom. The number of benzene rings is 2. The highest BCUT2D eigenvalue weighted by atomic mass is 16.5. The van der Waals surface area contributed by atoms with Gasteiger partial charge in [-0.1, -0.05) is 30.3 Å². The van der Waals surface area contributed by atoms with Crippen molar-refractivity contribution in [1.29, 1.82) is 0 Å². The summed E-state index contributed by atoms with van der Waals surface area (Å²) in [5.74, 6) is 2.85. The molecule has 1 aromatic heterocycles.